The number of halogens is 3. The highest BCUT2D eigenvalue weighted by Crippen LogP contribution is 2.34. The third kappa shape index (κ3) is 5.53. The van der Waals surface area contributed by atoms with Gasteiger partial charge in [0.1, 0.15) is 24.7 Å². The van der Waals surface area contributed by atoms with E-state index in [-0.39, 0.29) is 0 Å². The van der Waals surface area contributed by atoms with Gasteiger partial charge in [0.25, 0.3) is 0 Å². The summed E-state index contributed by atoms with van der Waals surface area (Å²) in [6, 6.07) is 24.3. The molecule has 4 aromatic rings. The van der Waals surface area contributed by atoms with E-state index < -0.39 is 11.9 Å². The molecule has 0 aliphatic carbocycles. The lowest BCUT2D eigenvalue weighted by Crippen LogP contribution is -2.10. The second-order valence-corrected chi connectivity index (χ2v) is 7.25. The van der Waals surface area contributed by atoms with Gasteiger partial charge in [-0.2, -0.15) is 18.3 Å². The van der Waals surface area contributed by atoms with Crippen LogP contribution in [0.3, 0.4) is 0 Å². The smallest absolute Gasteiger partial charge is 0.435 e. The molecule has 4 rings (SSSR count). The van der Waals surface area contributed by atoms with E-state index in [0.717, 1.165) is 11.6 Å². The molecular formula is C25H22F3N3O2. The molecule has 8 heteroatoms. The second kappa shape index (κ2) is 9.79. The van der Waals surface area contributed by atoms with E-state index in [1.54, 1.807) is 48.5 Å². The number of hydrogen-bond donors (Lipinski definition) is 1. The van der Waals surface area contributed by atoms with Gasteiger partial charge in [0.05, 0.1) is 11.4 Å². The van der Waals surface area contributed by atoms with Crippen molar-refractivity contribution in [3.63, 3.8) is 0 Å². The van der Waals surface area contributed by atoms with E-state index in [1.165, 1.54) is 4.68 Å². The minimum atomic E-state index is -4.57. The highest BCUT2D eigenvalue weighted by Gasteiger charge is 2.35. The van der Waals surface area contributed by atoms with Gasteiger partial charge in [0.2, 0.25) is 0 Å². The van der Waals surface area contributed by atoms with Gasteiger partial charge in [0.15, 0.2) is 5.69 Å². The minimum absolute atomic E-state index is 0.311. The lowest BCUT2D eigenvalue weighted by molar-refractivity contribution is -0.141. The molecule has 0 amide bonds. The maximum absolute atomic E-state index is 13.4. The normalized spacial score (nSPS) is 11.4. The Morgan fingerprint density at radius 1 is 0.818 bits per heavy atom. The largest absolute Gasteiger partial charge is 0.492 e. The van der Waals surface area contributed by atoms with Crippen molar-refractivity contribution in [3.05, 3.63) is 96.2 Å². The van der Waals surface area contributed by atoms with Gasteiger partial charge in [-0.05, 0) is 60.2 Å². The average molecular weight is 453 g/mol. The molecule has 2 N–H and O–H groups in total. The summed E-state index contributed by atoms with van der Waals surface area (Å²) in [5.41, 5.74) is 6.85. The summed E-state index contributed by atoms with van der Waals surface area (Å²) in [7, 11) is 0. The lowest BCUT2D eigenvalue weighted by atomic mass is 10.1. The zero-order valence-corrected chi connectivity index (χ0v) is 17.6. The number of nitrogens with zero attached hydrogens (tertiary/aromatic N) is 2. The van der Waals surface area contributed by atoms with Crippen LogP contribution in [-0.4, -0.2) is 22.9 Å². The lowest BCUT2D eigenvalue weighted by Gasteiger charge is -2.11. The average Bonchev–Trinajstić information content (AvgIpc) is 3.29. The molecule has 5 nitrogen and oxygen atoms in total. The summed E-state index contributed by atoms with van der Waals surface area (Å²) < 4.78 is 52.7. The number of hydrogen-bond acceptors (Lipinski definition) is 4. The van der Waals surface area contributed by atoms with E-state index >= 15 is 0 Å². The molecule has 1 aromatic heterocycles. The van der Waals surface area contributed by atoms with Crippen molar-refractivity contribution in [2.24, 2.45) is 5.73 Å². The molecule has 0 saturated carbocycles. The summed E-state index contributed by atoms with van der Waals surface area (Å²) >= 11 is 0. The first-order chi connectivity index (χ1) is 15.9. The van der Waals surface area contributed by atoms with Crippen molar-refractivity contribution in [2.45, 2.75) is 12.8 Å². The second-order valence-electron chi connectivity index (χ2n) is 7.25. The third-order valence-corrected chi connectivity index (χ3v) is 4.87. The monoisotopic (exact) mass is 453 g/mol. The van der Waals surface area contributed by atoms with Crippen molar-refractivity contribution in [2.75, 3.05) is 13.2 Å². The van der Waals surface area contributed by atoms with Crippen LogP contribution in [0.5, 0.6) is 11.5 Å². The molecule has 33 heavy (non-hydrogen) atoms. The van der Waals surface area contributed by atoms with Crippen LogP contribution in [0.4, 0.5) is 13.2 Å². The summed E-state index contributed by atoms with van der Waals surface area (Å²) in [5.74, 6) is 1.19. The van der Waals surface area contributed by atoms with Gasteiger partial charge in [-0.3, -0.25) is 0 Å². The van der Waals surface area contributed by atoms with E-state index in [2.05, 4.69) is 5.10 Å². The zero-order valence-electron chi connectivity index (χ0n) is 17.6. The Morgan fingerprint density at radius 2 is 1.45 bits per heavy atom. The van der Waals surface area contributed by atoms with Gasteiger partial charge in [-0.1, -0.05) is 30.3 Å². The Balaban J connectivity index is 1.60. The van der Waals surface area contributed by atoms with Gasteiger partial charge in [-0.25, -0.2) is 4.68 Å². The molecule has 0 fully saturated rings. The van der Waals surface area contributed by atoms with Gasteiger partial charge < -0.3 is 15.2 Å². The molecule has 0 radical (unpaired) electrons. The molecule has 0 atom stereocenters. The van der Waals surface area contributed by atoms with Crippen LogP contribution in [-0.2, 0) is 12.8 Å². The Bertz CT molecular complexity index is 1170. The number of alkyl halides is 3. The molecule has 170 valence electrons. The van der Waals surface area contributed by atoms with Gasteiger partial charge >= 0.3 is 6.18 Å². The number of rotatable bonds is 8. The van der Waals surface area contributed by atoms with E-state index in [1.807, 2.05) is 30.3 Å². The fraction of sp³-hybridized carbons (Fsp3) is 0.160. The predicted molar refractivity (Wildman–Crippen MR) is 119 cm³/mol. The molecule has 0 bridgehead atoms. The summed E-state index contributed by atoms with van der Waals surface area (Å²) in [4.78, 5) is 0. The number of aromatic nitrogens is 2. The first-order valence-corrected chi connectivity index (χ1v) is 10.3. The topological polar surface area (TPSA) is 62.3 Å². The van der Waals surface area contributed by atoms with Crippen molar-refractivity contribution < 1.29 is 22.6 Å². The van der Waals surface area contributed by atoms with E-state index in [0.29, 0.717) is 48.2 Å². The van der Waals surface area contributed by atoms with Gasteiger partial charge in [-0.15, -0.1) is 0 Å². The maximum atomic E-state index is 13.4. The van der Waals surface area contributed by atoms with Crippen molar-refractivity contribution in [3.8, 4) is 28.4 Å². The van der Waals surface area contributed by atoms with Crippen LogP contribution in [0, 0.1) is 0 Å². The Labute approximate surface area is 189 Å². The molecular weight excluding hydrogens is 431 g/mol. The standard InChI is InChI=1S/C25H22F3N3O2/c26-25(27,28)24-16-23(19-6-10-21(11-7-19)32-15-14-29)31(30-24)20-8-12-22(13-9-20)33-17-18-4-2-1-3-5-18/h1-13,16H,14-15,17,29H2. The van der Waals surface area contributed by atoms with Crippen LogP contribution >= 0.6 is 0 Å². The van der Waals surface area contributed by atoms with Crippen LogP contribution < -0.4 is 15.2 Å². The fourth-order valence-electron chi connectivity index (χ4n) is 3.25. The first-order valence-electron chi connectivity index (χ1n) is 10.3. The molecule has 1 heterocycles. The molecule has 0 saturated heterocycles. The fourth-order valence-corrected chi connectivity index (χ4v) is 3.25. The quantitative estimate of drug-likeness (QED) is 0.384. The van der Waals surface area contributed by atoms with Crippen LogP contribution in [0.15, 0.2) is 84.9 Å². The van der Waals surface area contributed by atoms with E-state index in [4.69, 9.17) is 15.2 Å². The number of nitrogens with two attached hydrogens (primary N) is 1. The number of ether oxygens (including phenoxy) is 2. The van der Waals surface area contributed by atoms with Crippen LogP contribution in [0.25, 0.3) is 16.9 Å². The molecule has 0 spiro atoms. The van der Waals surface area contributed by atoms with Crippen LogP contribution in [0.1, 0.15) is 11.3 Å². The first kappa shape index (κ1) is 22.4. The predicted octanol–water partition coefficient (Wildman–Crippen LogP) is 5.47. The Kier molecular flexibility index (Phi) is 6.65. The van der Waals surface area contributed by atoms with Crippen molar-refractivity contribution in [1.29, 1.82) is 0 Å². The Morgan fingerprint density at radius 3 is 2.09 bits per heavy atom. The Hall–Kier alpha value is -3.78. The van der Waals surface area contributed by atoms with Crippen LogP contribution in [0.2, 0.25) is 0 Å². The minimum Gasteiger partial charge on any atom is -0.492 e. The zero-order chi connectivity index (χ0) is 23.3. The number of benzene rings is 3. The highest BCUT2D eigenvalue weighted by atomic mass is 19.4. The third-order valence-electron chi connectivity index (χ3n) is 4.87. The molecule has 0 aliphatic rings. The SMILES string of the molecule is NCCOc1ccc(-c2cc(C(F)(F)F)nn2-c2ccc(OCc3ccccc3)cc2)cc1. The molecule has 0 aliphatic heterocycles. The van der Waals surface area contributed by atoms with Gasteiger partial charge in [0, 0.05) is 12.1 Å². The molecule has 0 unspecified atom stereocenters. The van der Waals surface area contributed by atoms with Crippen molar-refractivity contribution >= 4 is 0 Å². The van der Waals surface area contributed by atoms with E-state index in [9.17, 15) is 13.2 Å². The summed E-state index contributed by atoms with van der Waals surface area (Å²) in [6.45, 7) is 1.12. The van der Waals surface area contributed by atoms with Crippen molar-refractivity contribution in [1.82, 2.24) is 9.78 Å². The maximum Gasteiger partial charge on any atom is 0.435 e. The summed E-state index contributed by atoms with van der Waals surface area (Å²) in [6.07, 6.45) is -4.57. The highest BCUT2D eigenvalue weighted by molar-refractivity contribution is 5.64. The summed E-state index contributed by atoms with van der Waals surface area (Å²) in [5, 5.41) is 3.83. The molecule has 3 aromatic carbocycles.